The van der Waals surface area contributed by atoms with Crippen molar-refractivity contribution in [3.63, 3.8) is 0 Å². The summed E-state index contributed by atoms with van der Waals surface area (Å²) in [5.41, 5.74) is 0. The molecule has 0 aromatic heterocycles. The van der Waals surface area contributed by atoms with Crippen LogP contribution in [0.4, 0.5) is 0 Å². The second-order valence-corrected chi connectivity index (χ2v) is 5.97. The predicted octanol–water partition coefficient (Wildman–Crippen LogP) is 3.74. The number of rotatable bonds is 2. The average molecular weight is 252 g/mol. The molecule has 2 rings (SSSR count). The standard InChI is InChI=1S/C15H26O.CH2O/c1-12-2-4-13(5-3-12)6-7-14-8-10-15(16)11-9-14;1-2/h6-7,12-16H,2-5,8-11H2,1H3;1H2/b7-6+;. The third-order valence-corrected chi connectivity index (χ3v) is 4.46. The summed E-state index contributed by atoms with van der Waals surface area (Å²) >= 11 is 0. The lowest BCUT2D eigenvalue weighted by molar-refractivity contribution is -0.0979. The van der Waals surface area contributed by atoms with E-state index in [4.69, 9.17) is 4.79 Å². The van der Waals surface area contributed by atoms with Gasteiger partial charge in [0, 0.05) is 0 Å². The first-order valence-electron chi connectivity index (χ1n) is 7.39. The molecule has 0 saturated heterocycles. The van der Waals surface area contributed by atoms with Crippen molar-refractivity contribution < 1.29 is 9.90 Å². The van der Waals surface area contributed by atoms with E-state index in [0.29, 0.717) is 0 Å². The van der Waals surface area contributed by atoms with Crippen molar-refractivity contribution in [3.8, 4) is 0 Å². The maximum atomic E-state index is 9.45. The van der Waals surface area contributed by atoms with Gasteiger partial charge in [-0.3, -0.25) is 0 Å². The molecule has 0 heterocycles. The number of aliphatic hydroxyl groups is 1. The quantitative estimate of drug-likeness (QED) is 0.760. The van der Waals surface area contributed by atoms with Gasteiger partial charge in [0.2, 0.25) is 0 Å². The average Bonchev–Trinajstić information content (AvgIpc) is 2.42. The van der Waals surface area contributed by atoms with Crippen molar-refractivity contribution in [3.05, 3.63) is 12.2 Å². The summed E-state index contributed by atoms with van der Waals surface area (Å²) in [5, 5.41) is 9.45. The molecule has 0 aromatic rings. The Morgan fingerprint density at radius 2 is 1.22 bits per heavy atom. The third kappa shape index (κ3) is 5.34. The van der Waals surface area contributed by atoms with E-state index >= 15 is 0 Å². The van der Waals surface area contributed by atoms with Crippen molar-refractivity contribution in [1.82, 2.24) is 0 Å². The summed E-state index contributed by atoms with van der Waals surface area (Å²) in [4.78, 5) is 8.00. The molecular weight excluding hydrogens is 224 g/mol. The summed E-state index contributed by atoms with van der Waals surface area (Å²) < 4.78 is 0. The minimum absolute atomic E-state index is 0.0137. The minimum atomic E-state index is -0.0137. The van der Waals surface area contributed by atoms with Crippen molar-refractivity contribution in [2.45, 2.75) is 64.4 Å². The molecule has 2 aliphatic rings. The molecule has 18 heavy (non-hydrogen) atoms. The maximum Gasteiger partial charge on any atom is 0.106 e. The van der Waals surface area contributed by atoms with Crippen LogP contribution in [0.2, 0.25) is 0 Å². The molecule has 0 unspecified atom stereocenters. The largest absolute Gasteiger partial charge is 0.393 e. The fraction of sp³-hybridized carbons (Fsp3) is 0.812. The first-order valence-corrected chi connectivity index (χ1v) is 7.39. The van der Waals surface area contributed by atoms with Gasteiger partial charge in [0.1, 0.15) is 6.79 Å². The van der Waals surface area contributed by atoms with E-state index in [1.54, 1.807) is 0 Å². The molecule has 0 bridgehead atoms. The molecule has 2 aliphatic carbocycles. The Bertz CT molecular complexity index is 209. The summed E-state index contributed by atoms with van der Waals surface area (Å²) in [6.07, 6.45) is 15.0. The number of carbonyl (C=O) groups is 1. The van der Waals surface area contributed by atoms with Crippen LogP contribution in [0.25, 0.3) is 0 Å². The first kappa shape index (κ1) is 15.4. The normalized spacial score (nSPS) is 37.0. The number of aliphatic hydroxyl groups excluding tert-OH is 1. The van der Waals surface area contributed by atoms with Gasteiger partial charge >= 0.3 is 0 Å². The molecule has 0 atom stereocenters. The van der Waals surface area contributed by atoms with Gasteiger partial charge in [0.25, 0.3) is 0 Å². The lowest BCUT2D eigenvalue weighted by Gasteiger charge is -2.26. The molecule has 2 heteroatoms. The summed E-state index contributed by atoms with van der Waals surface area (Å²) in [6, 6.07) is 0. The summed E-state index contributed by atoms with van der Waals surface area (Å²) in [7, 11) is 0. The van der Waals surface area contributed by atoms with Gasteiger partial charge in [-0.15, -0.1) is 0 Å². The molecule has 0 radical (unpaired) electrons. The van der Waals surface area contributed by atoms with Crippen LogP contribution in [0, 0.1) is 17.8 Å². The number of carbonyl (C=O) groups excluding carboxylic acids is 1. The fourth-order valence-electron chi connectivity index (χ4n) is 3.09. The van der Waals surface area contributed by atoms with Crippen molar-refractivity contribution in [1.29, 1.82) is 0 Å². The molecule has 0 amide bonds. The van der Waals surface area contributed by atoms with E-state index in [9.17, 15) is 5.11 Å². The Labute approximate surface area is 111 Å². The highest BCUT2D eigenvalue weighted by Crippen LogP contribution is 2.31. The third-order valence-electron chi connectivity index (χ3n) is 4.46. The lowest BCUT2D eigenvalue weighted by Crippen LogP contribution is -2.17. The SMILES string of the molecule is C=O.CC1CCC(/C=C/C2CCC(O)CC2)CC1. The number of hydrogen-bond donors (Lipinski definition) is 1. The second-order valence-electron chi connectivity index (χ2n) is 5.97. The van der Waals surface area contributed by atoms with Crippen LogP contribution in [0.5, 0.6) is 0 Å². The lowest BCUT2D eigenvalue weighted by atomic mass is 9.81. The molecule has 2 fully saturated rings. The van der Waals surface area contributed by atoms with Crippen molar-refractivity contribution in [2.75, 3.05) is 0 Å². The van der Waals surface area contributed by atoms with Gasteiger partial charge in [-0.1, -0.05) is 31.9 Å². The highest BCUT2D eigenvalue weighted by molar-refractivity contribution is 5.11. The minimum Gasteiger partial charge on any atom is -0.393 e. The van der Waals surface area contributed by atoms with E-state index in [1.165, 1.54) is 38.5 Å². The van der Waals surface area contributed by atoms with E-state index < -0.39 is 0 Å². The van der Waals surface area contributed by atoms with Crippen LogP contribution in [0.15, 0.2) is 12.2 Å². The topological polar surface area (TPSA) is 37.3 Å². The Balaban J connectivity index is 0.000000771. The van der Waals surface area contributed by atoms with Crippen LogP contribution in [-0.4, -0.2) is 18.0 Å². The van der Waals surface area contributed by atoms with Crippen LogP contribution >= 0.6 is 0 Å². The van der Waals surface area contributed by atoms with Gasteiger partial charge in [-0.05, 0) is 56.3 Å². The second kappa shape index (κ2) is 8.47. The molecule has 1 N–H and O–H groups in total. The fourth-order valence-corrected chi connectivity index (χ4v) is 3.09. The zero-order valence-electron chi connectivity index (χ0n) is 11.7. The molecule has 0 aromatic carbocycles. The summed E-state index contributed by atoms with van der Waals surface area (Å²) in [5.74, 6) is 2.56. The Morgan fingerprint density at radius 1 is 0.833 bits per heavy atom. The predicted molar refractivity (Wildman–Crippen MR) is 75.3 cm³/mol. The van der Waals surface area contributed by atoms with Crippen LogP contribution in [0.3, 0.4) is 0 Å². The maximum absolute atomic E-state index is 9.45. The summed E-state index contributed by atoms with van der Waals surface area (Å²) in [6.45, 7) is 4.38. The van der Waals surface area contributed by atoms with E-state index in [1.807, 2.05) is 6.79 Å². The Morgan fingerprint density at radius 3 is 1.67 bits per heavy atom. The highest BCUT2D eigenvalue weighted by atomic mass is 16.3. The molecular formula is C16H28O2. The van der Waals surface area contributed by atoms with Crippen LogP contribution in [0.1, 0.15) is 58.3 Å². The molecule has 2 saturated carbocycles. The molecule has 0 aliphatic heterocycles. The first-order chi connectivity index (χ1) is 8.74. The van der Waals surface area contributed by atoms with Crippen molar-refractivity contribution in [2.24, 2.45) is 17.8 Å². The van der Waals surface area contributed by atoms with Crippen LogP contribution < -0.4 is 0 Å². The van der Waals surface area contributed by atoms with Gasteiger partial charge in [0.05, 0.1) is 6.10 Å². The molecule has 2 nitrogen and oxygen atoms in total. The highest BCUT2D eigenvalue weighted by Gasteiger charge is 2.19. The van der Waals surface area contributed by atoms with E-state index in [2.05, 4.69) is 19.1 Å². The zero-order chi connectivity index (χ0) is 13.4. The smallest absolute Gasteiger partial charge is 0.106 e. The van der Waals surface area contributed by atoms with Crippen molar-refractivity contribution >= 4 is 6.79 Å². The zero-order valence-corrected chi connectivity index (χ0v) is 11.7. The number of allylic oxidation sites excluding steroid dienone is 2. The van der Waals surface area contributed by atoms with Gasteiger partial charge in [0.15, 0.2) is 0 Å². The number of hydrogen-bond acceptors (Lipinski definition) is 2. The Hall–Kier alpha value is -0.630. The molecule has 0 spiro atoms. The van der Waals surface area contributed by atoms with Gasteiger partial charge < -0.3 is 9.90 Å². The van der Waals surface area contributed by atoms with Crippen LogP contribution in [-0.2, 0) is 4.79 Å². The van der Waals surface area contributed by atoms with E-state index in [-0.39, 0.29) is 6.10 Å². The van der Waals surface area contributed by atoms with Gasteiger partial charge in [-0.25, -0.2) is 0 Å². The van der Waals surface area contributed by atoms with E-state index in [0.717, 1.165) is 30.6 Å². The Kier molecular flexibility index (Phi) is 7.26. The molecule has 104 valence electrons. The monoisotopic (exact) mass is 252 g/mol. The van der Waals surface area contributed by atoms with Gasteiger partial charge in [-0.2, -0.15) is 0 Å².